The Bertz CT molecular complexity index is 683. The first-order valence-corrected chi connectivity index (χ1v) is 6.47. The van der Waals surface area contributed by atoms with Gasteiger partial charge in [0.1, 0.15) is 0 Å². The van der Waals surface area contributed by atoms with Crippen LogP contribution in [0.5, 0.6) is 0 Å². The number of nitrogens with two attached hydrogens (primary N) is 1. The second-order valence-corrected chi connectivity index (χ2v) is 4.93. The molecule has 1 unspecified atom stereocenters. The van der Waals surface area contributed by atoms with E-state index >= 15 is 0 Å². The Labute approximate surface area is 112 Å². The fourth-order valence-corrected chi connectivity index (χ4v) is 2.33. The molecule has 3 rings (SSSR count). The van der Waals surface area contributed by atoms with Gasteiger partial charge in [-0.2, -0.15) is 5.10 Å². The van der Waals surface area contributed by atoms with Gasteiger partial charge in [-0.05, 0) is 31.0 Å². The Morgan fingerprint density at radius 3 is 2.74 bits per heavy atom. The van der Waals surface area contributed by atoms with Gasteiger partial charge in [-0.1, -0.05) is 35.9 Å². The summed E-state index contributed by atoms with van der Waals surface area (Å²) in [5, 5.41) is 4.33. The van der Waals surface area contributed by atoms with Gasteiger partial charge in [0.15, 0.2) is 0 Å². The molecule has 0 radical (unpaired) electrons. The topological polar surface area (TPSA) is 43.3 Å². The van der Waals surface area contributed by atoms with Crippen molar-refractivity contribution in [1.82, 2.24) is 9.61 Å². The van der Waals surface area contributed by atoms with Gasteiger partial charge in [-0.3, -0.25) is 0 Å². The van der Waals surface area contributed by atoms with Crippen molar-refractivity contribution in [3.05, 3.63) is 71.5 Å². The van der Waals surface area contributed by atoms with E-state index in [1.54, 1.807) is 0 Å². The zero-order valence-electron chi connectivity index (χ0n) is 11.0. The molecule has 0 amide bonds. The first kappa shape index (κ1) is 11.9. The molecule has 2 N–H and O–H groups in total. The fraction of sp³-hybridized carbons (Fsp3) is 0.188. The van der Waals surface area contributed by atoms with E-state index in [4.69, 9.17) is 5.73 Å². The Balaban J connectivity index is 1.87. The molecule has 1 aromatic carbocycles. The van der Waals surface area contributed by atoms with Crippen LogP contribution in [0.2, 0.25) is 0 Å². The number of hydrogen-bond acceptors (Lipinski definition) is 2. The van der Waals surface area contributed by atoms with E-state index in [2.05, 4.69) is 42.4 Å². The first-order valence-electron chi connectivity index (χ1n) is 6.47. The van der Waals surface area contributed by atoms with Gasteiger partial charge < -0.3 is 5.73 Å². The molecule has 0 saturated carbocycles. The highest BCUT2D eigenvalue weighted by molar-refractivity contribution is 5.55. The standard InChI is InChI=1S/C16H17N3/c1-12-5-7-13(8-6-12)10-15(17)14-11-18-19-9-3-2-4-16(14)19/h2-9,11,15H,10,17H2,1H3. The third kappa shape index (κ3) is 2.37. The van der Waals surface area contributed by atoms with Crippen LogP contribution in [0, 0.1) is 6.92 Å². The second-order valence-electron chi connectivity index (χ2n) is 4.93. The van der Waals surface area contributed by atoms with Crippen molar-refractivity contribution in [2.24, 2.45) is 5.73 Å². The van der Waals surface area contributed by atoms with Gasteiger partial charge in [-0.25, -0.2) is 4.52 Å². The van der Waals surface area contributed by atoms with Crippen molar-refractivity contribution in [1.29, 1.82) is 0 Å². The zero-order chi connectivity index (χ0) is 13.2. The van der Waals surface area contributed by atoms with E-state index in [0.29, 0.717) is 0 Å². The average molecular weight is 251 g/mol. The van der Waals surface area contributed by atoms with Crippen molar-refractivity contribution in [2.75, 3.05) is 0 Å². The quantitative estimate of drug-likeness (QED) is 0.777. The predicted molar refractivity (Wildman–Crippen MR) is 77.0 cm³/mol. The van der Waals surface area contributed by atoms with Gasteiger partial charge in [0, 0.05) is 17.8 Å². The number of aryl methyl sites for hydroxylation is 1. The van der Waals surface area contributed by atoms with Gasteiger partial charge in [-0.15, -0.1) is 0 Å². The van der Waals surface area contributed by atoms with E-state index in [9.17, 15) is 0 Å². The van der Waals surface area contributed by atoms with Gasteiger partial charge >= 0.3 is 0 Å². The summed E-state index contributed by atoms with van der Waals surface area (Å²) in [6.07, 6.45) is 4.64. The summed E-state index contributed by atoms with van der Waals surface area (Å²) >= 11 is 0. The molecular formula is C16H17N3. The van der Waals surface area contributed by atoms with Crippen LogP contribution in [-0.2, 0) is 6.42 Å². The molecule has 2 heterocycles. The molecule has 1 atom stereocenters. The first-order chi connectivity index (χ1) is 9.24. The van der Waals surface area contributed by atoms with Crippen LogP contribution >= 0.6 is 0 Å². The van der Waals surface area contributed by atoms with Crippen LogP contribution in [0.1, 0.15) is 22.7 Å². The summed E-state index contributed by atoms with van der Waals surface area (Å²) in [5.41, 5.74) is 11.0. The largest absolute Gasteiger partial charge is 0.324 e. The maximum atomic E-state index is 6.32. The van der Waals surface area contributed by atoms with Crippen molar-refractivity contribution < 1.29 is 0 Å². The number of nitrogens with zero attached hydrogens (tertiary/aromatic N) is 2. The summed E-state index contributed by atoms with van der Waals surface area (Å²) in [5.74, 6) is 0. The van der Waals surface area contributed by atoms with E-state index in [1.807, 2.05) is 29.0 Å². The Morgan fingerprint density at radius 1 is 1.16 bits per heavy atom. The fourth-order valence-electron chi connectivity index (χ4n) is 2.33. The summed E-state index contributed by atoms with van der Waals surface area (Å²) in [7, 11) is 0. The van der Waals surface area contributed by atoms with Crippen LogP contribution in [0.15, 0.2) is 54.9 Å². The number of fused-ring (bicyclic) bond motifs is 1. The summed E-state index contributed by atoms with van der Waals surface area (Å²) in [4.78, 5) is 0. The second kappa shape index (κ2) is 4.86. The highest BCUT2D eigenvalue weighted by atomic mass is 15.2. The number of pyridine rings is 1. The highest BCUT2D eigenvalue weighted by Gasteiger charge is 2.12. The molecule has 3 nitrogen and oxygen atoms in total. The highest BCUT2D eigenvalue weighted by Crippen LogP contribution is 2.20. The van der Waals surface area contributed by atoms with Gasteiger partial charge in [0.05, 0.1) is 11.7 Å². The van der Waals surface area contributed by atoms with Crippen LogP contribution in [0.3, 0.4) is 0 Å². The minimum Gasteiger partial charge on any atom is -0.324 e. The number of aromatic nitrogens is 2. The molecule has 0 aliphatic carbocycles. The van der Waals surface area contributed by atoms with Crippen molar-refractivity contribution >= 4 is 5.52 Å². The Hall–Kier alpha value is -2.13. The molecule has 0 fully saturated rings. The predicted octanol–water partition coefficient (Wildman–Crippen LogP) is 2.89. The number of rotatable bonds is 3. The minimum absolute atomic E-state index is 0.0254. The maximum absolute atomic E-state index is 6.32. The van der Waals surface area contributed by atoms with Crippen LogP contribution in [-0.4, -0.2) is 9.61 Å². The average Bonchev–Trinajstić information content (AvgIpc) is 2.85. The smallest absolute Gasteiger partial charge is 0.0709 e. The molecule has 0 saturated heterocycles. The minimum atomic E-state index is -0.0254. The van der Waals surface area contributed by atoms with Crippen LogP contribution < -0.4 is 5.73 Å². The van der Waals surface area contributed by atoms with Crippen molar-refractivity contribution in [2.45, 2.75) is 19.4 Å². The molecule has 96 valence electrons. The van der Waals surface area contributed by atoms with Crippen LogP contribution in [0.4, 0.5) is 0 Å². The molecule has 3 heteroatoms. The molecule has 0 bridgehead atoms. The Kier molecular flexibility index (Phi) is 3.05. The number of benzene rings is 1. The monoisotopic (exact) mass is 251 g/mol. The van der Waals surface area contributed by atoms with Gasteiger partial charge in [0.2, 0.25) is 0 Å². The van der Waals surface area contributed by atoms with Crippen LogP contribution in [0.25, 0.3) is 5.52 Å². The molecule has 19 heavy (non-hydrogen) atoms. The molecule has 0 aliphatic rings. The SMILES string of the molecule is Cc1ccc(CC(N)c2cnn3ccccc23)cc1. The molecular weight excluding hydrogens is 234 g/mol. The third-order valence-electron chi connectivity index (χ3n) is 3.43. The summed E-state index contributed by atoms with van der Waals surface area (Å²) in [6.45, 7) is 2.09. The molecule has 0 aliphatic heterocycles. The summed E-state index contributed by atoms with van der Waals surface area (Å²) in [6, 6.07) is 14.5. The lowest BCUT2D eigenvalue weighted by molar-refractivity contribution is 0.727. The summed E-state index contributed by atoms with van der Waals surface area (Å²) < 4.78 is 1.87. The zero-order valence-corrected chi connectivity index (χ0v) is 11.0. The van der Waals surface area contributed by atoms with E-state index in [-0.39, 0.29) is 6.04 Å². The lowest BCUT2D eigenvalue weighted by Gasteiger charge is -2.10. The Morgan fingerprint density at radius 2 is 1.95 bits per heavy atom. The van der Waals surface area contributed by atoms with E-state index in [1.165, 1.54) is 11.1 Å². The molecule has 0 spiro atoms. The van der Waals surface area contributed by atoms with Gasteiger partial charge in [0.25, 0.3) is 0 Å². The molecule has 2 aromatic heterocycles. The van der Waals surface area contributed by atoms with Crippen molar-refractivity contribution in [3.8, 4) is 0 Å². The van der Waals surface area contributed by atoms with E-state index in [0.717, 1.165) is 17.5 Å². The lowest BCUT2D eigenvalue weighted by atomic mass is 10.00. The van der Waals surface area contributed by atoms with Crippen molar-refractivity contribution in [3.63, 3.8) is 0 Å². The normalized spacial score (nSPS) is 12.7. The lowest BCUT2D eigenvalue weighted by Crippen LogP contribution is -2.13. The maximum Gasteiger partial charge on any atom is 0.0709 e. The third-order valence-corrected chi connectivity index (χ3v) is 3.43. The van der Waals surface area contributed by atoms with E-state index < -0.39 is 0 Å². The number of hydrogen-bond donors (Lipinski definition) is 1. The molecule has 3 aromatic rings.